The maximum absolute atomic E-state index is 11.9. The lowest BCUT2D eigenvalue weighted by molar-refractivity contribution is 0.0914. The molecule has 0 spiro atoms. The third-order valence-corrected chi connectivity index (χ3v) is 3.93. The van der Waals surface area contributed by atoms with E-state index < -0.39 is 0 Å². The summed E-state index contributed by atoms with van der Waals surface area (Å²) in [6, 6.07) is 10.0. The van der Waals surface area contributed by atoms with Crippen molar-refractivity contribution in [1.29, 1.82) is 0 Å². The Kier molecular flexibility index (Phi) is 4.53. The minimum absolute atomic E-state index is 0.234. The van der Waals surface area contributed by atoms with Gasteiger partial charge in [-0.2, -0.15) is 0 Å². The number of carbonyl (C=O) groups is 1. The van der Waals surface area contributed by atoms with Crippen LogP contribution in [0, 0.1) is 6.92 Å². The van der Waals surface area contributed by atoms with Gasteiger partial charge < -0.3 is 9.84 Å². The van der Waals surface area contributed by atoms with Gasteiger partial charge in [0.1, 0.15) is 0 Å². The number of aromatic nitrogens is 1. The van der Waals surface area contributed by atoms with E-state index in [1.807, 2.05) is 0 Å². The Labute approximate surface area is 130 Å². The fourth-order valence-corrected chi connectivity index (χ4v) is 2.70. The molecule has 5 heteroatoms. The fourth-order valence-electron chi connectivity index (χ4n) is 2.70. The van der Waals surface area contributed by atoms with E-state index in [1.165, 1.54) is 31.5 Å². The summed E-state index contributed by atoms with van der Waals surface area (Å²) in [5.74, 6) is 0.0184. The Morgan fingerprint density at radius 2 is 1.91 bits per heavy atom. The molecule has 1 fully saturated rings. The second-order valence-electron chi connectivity index (χ2n) is 5.81. The van der Waals surface area contributed by atoms with Crippen LogP contribution in [-0.2, 0) is 13.1 Å². The first-order valence-electron chi connectivity index (χ1n) is 7.72. The van der Waals surface area contributed by atoms with Crippen LogP contribution in [0.15, 0.2) is 34.9 Å². The number of aryl methyl sites for hydroxylation is 1. The largest absolute Gasteiger partial charge is 0.351 e. The highest BCUT2D eigenvalue weighted by molar-refractivity contribution is 5.91. The van der Waals surface area contributed by atoms with Crippen LogP contribution in [0.1, 0.15) is 40.2 Å². The third kappa shape index (κ3) is 3.74. The summed E-state index contributed by atoms with van der Waals surface area (Å²) in [5, 5.41) is 6.55. The van der Waals surface area contributed by atoms with Crippen molar-refractivity contribution in [3.05, 3.63) is 52.9 Å². The average Bonchev–Trinajstić information content (AvgIpc) is 3.18. The number of rotatable bonds is 5. The van der Waals surface area contributed by atoms with Gasteiger partial charge in [-0.15, -0.1) is 0 Å². The number of nitrogens with zero attached hydrogens (tertiary/aromatic N) is 2. The van der Waals surface area contributed by atoms with E-state index in [4.69, 9.17) is 4.52 Å². The molecule has 0 unspecified atom stereocenters. The Morgan fingerprint density at radius 1 is 1.23 bits per heavy atom. The maximum atomic E-state index is 11.9. The van der Waals surface area contributed by atoms with Gasteiger partial charge >= 0.3 is 0 Å². The van der Waals surface area contributed by atoms with Gasteiger partial charge in [0.15, 0.2) is 0 Å². The van der Waals surface area contributed by atoms with Crippen LogP contribution in [0.5, 0.6) is 0 Å². The zero-order chi connectivity index (χ0) is 15.4. The number of carbonyl (C=O) groups excluding carboxylic acids is 1. The molecule has 1 N–H and O–H groups in total. The van der Waals surface area contributed by atoms with Crippen LogP contribution in [0.4, 0.5) is 0 Å². The predicted molar refractivity (Wildman–Crippen MR) is 83.4 cm³/mol. The molecule has 1 aromatic carbocycles. The molecule has 5 nitrogen and oxygen atoms in total. The van der Waals surface area contributed by atoms with Crippen molar-refractivity contribution in [2.75, 3.05) is 13.1 Å². The van der Waals surface area contributed by atoms with Gasteiger partial charge in [0, 0.05) is 19.2 Å². The highest BCUT2D eigenvalue weighted by Gasteiger charge is 2.12. The van der Waals surface area contributed by atoms with E-state index >= 15 is 0 Å². The van der Waals surface area contributed by atoms with Crippen LogP contribution < -0.4 is 5.32 Å². The second kappa shape index (κ2) is 6.75. The molecule has 22 heavy (non-hydrogen) atoms. The topological polar surface area (TPSA) is 58.4 Å². The summed E-state index contributed by atoms with van der Waals surface area (Å²) in [6.45, 7) is 5.70. The minimum Gasteiger partial charge on any atom is -0.351 e. The summed E-state index contributed by atoms with van der Waals surface area (Å²) < 4.78 is 4.94. The number of hydrogen-bond acceptors (Lipinski definition) is 4. The lowest BCUT2D eigenvalue weighted by atomic mass is 10.1. The first-order chi connectivity index (χ1) is 10.7. The molecule has 3 rings (SSSR count). The van der Waals surface area contributed by atoms with Crippen molar-refractivity contribution in [2.45, 2.75) is 32.9 Å². The third-order valence-electron chi connectivity index (χ3n) is 3.93. The normalized spacial score (nSPS) is 15.1. The van der Waals surface area contributed by atoms with Crippen LogP contribution >= 0.6 is 0 Å². The number of likely N-dealkylation sites (tertiary alicyclic amines) is 1. The van der Waals surface area contributed by atoms with Gasteiger partial charge in [0.25, 0.3) is 5.91 Å². The van der Waals surface area contributed by atoms with E-state index in [0.717, 1.165) is 12.1 Å². The van der Waals surface area contributed by atoms with Gasteiger partial charge in [-0.3, -0.25) is 9.69 Å². The Morgan fingerprint density at radius 3 is 2.55 bits per heavy atom. The average molecular weight is 299 g/mol. The van der Waals surface area contributed by atoms with E-state index in [9.17, 15) is 4.79 Å². The van der Waals surface area contributed by atoms with Crippen LogP contribution in [-0.4, -0.2) is 29.1 Å². The molecule has 0 aliphatic carbocycles. The maximum Gasteiger partial charge on any atom is 0.290 e. The minimum atomic E-state index is -0.234. The molecule has 0 radical (unpaired) electrons. The van der Waals surface area contributed by atoms with Crippen molar-refractivity contribution >= 4 is 5.91 Å². The number of amides is 1. The van der Waals surface area contributed by atoms with Gasteiger partial charge in [-0.05, 0) is 44.0 Å². The summed E-state index contributed by atoms with van der Waals surface area (Å²) in [7, 11) is 0. The van der Waals surface area contributed by atoms with Gasteiger partial charge in [-0.1, -0.05) is 29.4 Å². The van der Waals surface area contributed by atoms with E-state index in [2.05, 4.69) is 39.6 Å². The monoisotopic (exact) mass is 299 g/mol. The smallest absolute Gasteiger partial charge is 0.290 e. The molecule has 1 aromatic heterocycles. The van der Waals surface area contributed by atoms with Crippen LogP contribution in [0.3, 0.4) is 0 Å². The molecule has 1 aliphatic heterocycles. The van der Waals surface area contributed by atoms with Crippen molar-refractivity contribution in [1.82, 2.24) is 15.4 Å². The molecule has 0 bridgehead atoms. The molecular weight excluding hydrogens is 278 g/mol. The molecule has 116 valence electrons. The Bertz CT molecular complexity index is 628. The van der Waals surface area contributed by atoms with Gasteiger partial charge in [0.05, 0.1) is 5.69 Å². The Hall–Kier alpha value is -2.14. The SMILES string of the molecule is Cc1cc(C(=O)NCc2ccc(CN3CCCC3)cc2)on1. The van der Waals surface area contributed by atoms with Crippen molar-refractivity contribution < 1.29 is 9.32 Å². The highest BCUT2D eigenvalue weighted by atomic mass is 16.5. The molecule has 0 atom stereocenters. The summed E-state index contributed by atoms with van der Waals surface area (Å²) >= 11 is 0. The van der Waals surface area contributed by atoms with Crippen LogP contribution in [0.25, 0.3) is 0 Å². The van der Waals surface area contributed by atoms with Gasteiger partial charge in [0.2, 0.25) is 5.76 Å². The number of benzene rings is 1. The fraction of sp³-hybridized carbons (Fsp3) is 0.412. The number of nitrogens with one attached hydrogen (secondary N) is 1. The van der Waals surface area contributed by atoms with E-state index in [0.29, 0.717) is 12.2 Å². The second-order valence-corrected chi connectivity index (χ2v) is 5.81. The number of hydrogen-bond donors (Lipinski definition) is 1. The first kappa shape index (κ1) is 14.8. The molecule has 0 saturated carbocycles. The van der Waals surface area contributed by atoms with Crippen molar-refractivity contribution in [2.24, 2.45) is 0 Å². The zero-order valence-corrected chi connectivity index (χ0v) is 12.8. The quantitative estimate of drug-likeness (QED) is 0.921. The zero-order valence-electron chi connectivity index (χ0n) is 12.8. The van der Waals surface area contributed by atoms with Gasteiger partial charge in [-0.25, -0.2) is 0 Å². The highest BCUT2D eigenvalue weighted by Crippen LogP contribution is 2.13. The molecule has 1 saturated heterocycles. The van der Waals surface area contributed by atoms with E-state index in [1.54, 1.807) is 13.0 Å². The molecule has 1 aliphatic rings. The van der Waals surface area contributed by atoms with Crippen molar-refractivity contribution in [3.8, 4) is 0 Å². The van der Waals surface area contributed by atoms with Crippen molar-refractivity contribution in [3.63, 3.8) is 0 Å². The molecular formula is C17H21N3O2. The molecule has 2 heterocycles. The van der Waals surface area contributed by atoms with Crippen LogP contribution in [0.2, 0.25) is 0 Å². The summed E-state index contributed by atoms with van der Waals surface area (Å²) in [4.78, 5) is 14.4. The van der Waals surface area contributed by atoms with E-state index in [-0.39, 0.29) is 11.7 Å². The molecule has 1 amide bonds. The lowest BCUT2D eigenvalue weighted by Gasteiger charge is -2.14. The standard InChI is InChI=1S/C17H21N3O2/c1-13-10-16(22-19-13)17(21)18-11-14-4-6-15(7-5-14)12-20-8-2-3-9-20/h4-7,10H,2-3,8-9,11-12H2,1H3,(H,18,21). The first-order valence-corrected chi connectivity index (χ1v) is 7.72. The lowest BCUT2D eigenvalue weighted by Crippen LogP contribution is -2.22. The summed E-state index contributed by atoms with van der Waals surface area (Å²) in [5.41, 5.74) is 3.11. The predicted octanol–water partition coefficient (Wildman–Crippen LogP) is 2.51. The Balaban J connectivity index is 1.51. The summed E-state index contributed by atoms with van der Waals surface area (Å²) in [6.07, 6.45) is 2.62. The molecule has 2 aromatic rings.